The fourth-order valence-corrected chi connectivity index (χ4v) is 2.32. The van der Waals surface area contributed by atoms with Crippen LogP contribution in [0.5, 0.6) is 0 Å². The van der Waals surface area contributed by atoms with Gasteiger partial charge >= 0.3 is 5.97 Å². The normalized spacial score (nSPS) is 10.9. The van der Waals surface area contributed by atoms with Gasteiger partial charge in [-0.2, -0.15) is 0 Å². The van der Waals surface area contributed by atoms with Crippen LogP contribution in [0.25, 0.3) is 10.9 Å². The molecule has 0 radical (unpaired) electrons. The van der Waals surface area contributed by atoms with Crippen molar-refractivity contribution in [2.75, 3.05) is 0 Å². The fraction of sp³-hybridized carbons (Fsp3) is 0.286. The molecule has 0 spiro atoms. The first-order chi connectivity index (χ1) is 8.91. The van der Waals surface area contributed by atoms with Crippen LogP contribution >= 0.6 is 11.6 Å². The first-order valence-corrected chi connectivity index (χ1v) is 6.32. The number of aromatic amines is 1. The number of carbonyl (C=O) groups is 1. The maximum atomic E-state index is 12.4. The molecule has 19 heavy (non-hydrogen) atoms. The highest BCUT2D eigenvalue weighted by atomic mass is 35.5. The van der Waals surface area contributed by atoms with Gasteiger partial charge in [-0.1, -0.05) is 11.6 Å². The lowest BCUT2D eigenvalue weighted by atomic mass is 10.0. The van der Waals surface area contributed by atoms with Gasteiger partial charge in [0.1, 0.15) is 0 Å². The predicted octanol–water partition coefficient (Wildman–Crippen LogP) is 2.82. The molecule has 0 aliphatic rings. The van der Waals surface area contributed by atoms with E-state index in [4.69, 9.17) is 16.7 Å². The third-order valence-corrected chi connectivity index (χ3v) is 3.68. The van der Waals surface area contributed by atoms with Gasteiger partial charge in [0.2, 0.25) is 0 Å². The van der Waals surface area contributed by atoms with Gasteiger partial charge in [-0.25, -0.2) is 0 Å². The SMILES string of the molecule is Cc1[nH]c2c(C)c(Cl)ccc2c(=O)c1CCC(=O)O. The number of rotatable bonds is 3. The van der Waals surface area contributed by atoms with Crippen LogP contribution in [0.4, 0.5) is 0 Å². The van der Waals surface area contributed by atoms with Gasteiger partial charge in [0.15, 0.2) is 5.43 Å². The lowest BCUT2D eigenvalue weighted by molar-refractivity contribution is -0.136. The molecular formula is C14H14ClNO3. The Bertz CT molecular complexity index is 719. The molecule has 0 saturated heterocycles. The number of carboxylic acids is 1. The maximum absolute atomic E-state index is 12.4. The Labute approximate surface area is 115 Å². The van der Waals surface area contributed by atoms with Gasteiger partial charge in [0.25, 0.3) is 0 Å². The summed E-state index contributed by atoms with van der Waals surface area (Å²) in [7, 11) is 0. The average Bonchev–Trinajstić information content (AvgIpc) is 2.34. The number of halogens is 1. The zero-order valence-electron chi connectivity index (χ0n) is 10.7. The number of pyridine rings is 1. The predicted molar refractivity (Wildman–Crippen MR) is 75.0 cm³/mol. The quantitative estimate of drug-likeness (QED) is 0.907. The van der Waals surface area contributed by atoms with Crippen LogP contribution in [0.3, 0.4) is 0 Å². The lowest BCUT2D eigenvalue weighted by Crippen LogP contribution is -2.15. The second-order valence-corrected chi connectivity index (χ2v) is 4.95. The zero-order chi connectivity index (χ0) is 14.2. The molecule has 0 saturated carbocycles. The largest absolute Gasteiger partial charge is 0.481 e. The highest BCUT2D eigenvalue weighted by molar-refractivity contribution is 6.32. The van der Waals surface area contributed by atoms with Crippen molar-refractivity contribution in [1.29, 1.82) is 0 Å². The van der Waals surface area contributed by atoms with E-state index in [-0.39, 0.29) is 18.3 Å². The molecule has 100 valence electrons. The molecule has 1 aromatic carbocycles. The third kappa shape index (κ3) is 2.49. The molecule has 1 aromatic heterocycles. The second-order valence-electron chi connectivity index (χ2n) is 4.55. The number of aryl methyl sites for hydroxylation is 2. The summed E-state index contributed by atoms with van der Waals surface area (Å²) in [5.74, 6) is -0.911. The van der Waals surface area contributed by atoms with Crippen LogP contribution in [0, 0.1) is 13.8 Å². The Balaban J connectivity index is 2.66. The van der Waals surface area contributed by atoms with E-state index < -0.39 is 5.97 Å². The molecule has 0 aliphatic heterocycles. The fourth-order valence-electron chi connectivity index (χ4n) is 2.17. The van der Waals surface area contributed by atoms with Crippen molar-refractivity contribution in [2.24, 2.45) is 0 Å². The van der Waals surface area contributed by atoms with Gasteiger partial charge in [-0.15, -0.1) is 0 Å². The first kappa shape index (κ1) is 13.6. The minimum Gasteiger partial charge on any atom is -0.481 e. The van der Waals surface area contributed by atoms with Crippen LogP contribution in [0.2, 0.25) is 5.02 Å². The summed E-state index contributed by atoms with van der Waals surface area (Å²) >= 11 is 6.04. The number of hydrogen-bond acceptors (Lipinski definition) is 2. The van der Waals surface area contributed by atoms with Crippen molar-refractivity contribution in [3.63, 3.8) is 0 Å². The zero-order valence-corrected chi connectivity index (χ0v) is 11.5. The number of aliphatic carboxylic acids is 1. The molecule has 5 heteroatoms. The summed E-state index contributed by atoms with van der Waals surface area (Å²) in [6.07, 6.45) is 0.177. The van der Waals surface area contributed by atoms with Gasteiger partial charge in [0.05, 0.1) is 5.52 Å². The van der Waals surface area contributed by atoms with Crippen molar-refractivity contribution >= 4 is 28.5 Å². The molecule has 0 unspecified atom stereocenters. The lowest BCUT2D eigenvalue weighted by Gasteiger charge is -2.10. The summed E-state index contributed by atoms with van der Waals surface area (Å²) in [4.78, 5) is 26.2. The Hall–Kier alpha value is -1.81. The second kappa shape index (κ2) is 5.05. The molecule has 2 N–H and O–H groups in total. The van der Waals surface area contributed by atoms with E-state index in [0.717, 1.165) is 5.56 Å². The summed E-state index contributed by atoms with van der Waals surface area (Å²) in [6, 6.07) is 3.36. The van der Waals surface area contributed by atoms with E-state index in [2.05, 4.69) is 4.98 Å². The van der Waals surface area contributed by atoms with Crippen molar-refractivity contribution in [1.82, 2.24) is 4.98 Å². The summed E-state index contributed by atoms with van der Waals surface area (Å²) in [6.45, 7) is 3.62. The number of aromatic nitrogens is 1. The molecule has 0 bridgehead atoms. The number of hydrogen-bond donors (Lipinski definition) is 2. The van der Waals surface area contributed by atoms with Crippen molar-refractivity contribution in [3.05, 3.63) is 44.2 Å². The highest BCUT2D eigenvalue weighted by Gasteiger charge is 2.13. The first-order valence-electron chi connectivity index (χ1n) is 5.94. The van der Waals surface area contributed by atoms with Crippen LogP contribution in [-0.4, -0.2) is 16.1 Å². The van der Waals surface area contributed by atoms with Gasteiger partial charge in [0, 0.05) is 28.1 Å². The minimum atomic E-state index is -0.911. The number of H-pyrrole nitrogens is 1. The third-order valence-electron chi connectivity index (χ3n) is 3.27. The van der Waals surface area contributed by atoms with Crippen molar-refractivity contribution in [3.8, 4) is 0 Å². The molecular weight excluding hydrogens is 266 g/mol. The average molecular weight is 280 g/mol. The standard InChI is InChI=1S/C14H14ClNO3/c1-7-11(15)5-3-10-13(7)16-8(2)9(14(10)19)4-6-12(17)18/h3,5H,4,6H2,1-2H3,(H,16,19)(H,17,18). The summed E-state index contributed by atoms with van der Waals surface area (Å²) in [5.41, 5.74) is 2.64. The van der Waals surface area contributed by atoms with E-state index in [9.17, 15) is 9.59 Å². The van der Waals surface area contributed by atoms with Gasteiger partial charge < -0.3 is 10.1 Å². The molecule has 0 fully saturated rings. The number of fused-ring (bicyclic) bond motifs is 1. The highest BCUT2D eigenvalue weighted by Crippen LogP contribution is 2.23. The summed E-state index contributed by atoms with van der Waals surface area (Å²) < 4.78 is 0. The smallest absolute Gasteiger partial charge is 0.303 e. The Morgan fingerprint density at radius 1 is 1.37 bits per heavy atom. The number of carboxylic acid groups (broad SMARTS) is 1. The van der Waals surface area contributed by atoms with Crippen molar-refractivity contribution in [2.45, 2.75) is 26.7 Å². The van der Waals surface area contributed by atoms with E-state index >= 15 is 0 Å². The van der Waals surface area contributed by atoms with E-state index in [0.29, 0.717) is 27.2 Å². The Kier molecular flexibility index (Phi) is 3.62. The topological polar surface area (TPSA) is 70.2 Å². The molecule has 4 nitrogen and oxygen atoms in total. The molecule has 0 amide bonds. The van der Waals surface area contributed by atoms with Gasteiger partial charge in [-0.3, -0.25) is 9.59 Å². The van der Waals surface area contributed by atoms with Crippen molar-refractivity contribution < 1.29 is 9.90 Å². The Morgan fingerprint density at radius 3 is 2.68 bits per heavy atom. The van der Waals surface area contributed by atoms with E-state index in [1.54, 1.807) is 19.1 Å². The van der Waals surface area contributed by atoms with Crippen LogP contribution in [0.15, 0.2) is 16.9 Å². The molecule has 0 aliphatic carbocycles. The summed E-state index contributed by atoms with van der Waals surface area (Å²) in [5, 5.41) is 9.87. The molecule has 0 atom stereocenters. The van der Waals surface area contributed by atoms with Crippen LogP contribution in [0.1, 0.15) is 23.2 Å². The maximum Gasteiger partial charge on any atom is 0.303 e. The van der Waals surface area contributed by atoms with E-state index in [1.807, 2.05) is 6.92 Å². The van der Waals surface area contributed by atoms with E-state index in [1.165, 1.54) is 0 Å². The Morgan fingerprint density at radius 2 is 2.05 bits per heavy atom. The minimum absolute atomic E-state index is 0.0536. The molecule has 1 heterocycles. The molecule has 2 aromatic rings. The van der Waals surface area contributed by atoms with Gasteiger partial charge in [-0.05, 0) is 38.0 Å². The monoisotopic (exact) mass is 279 g/mol. The van der Waals surface area contributed by atoms with Crippen LogP contribution in [-0.2, 0) is 11.2 Å². The molecule has 2 rings (SSSR count). The number of benzene rings is 1. The number of nitrogens with one attached hydrogen (secondary N) is 1. The van der Waals surface area contributed by atoms with Crippen LogP contribution < -0.4 is 5.43 Å².